The molecule has 0 saturated carbocycles. The molecular formula is C24H28N4O2S. The monoisotopic (exact) mass is 436 g/mol. The zero-order valence-electron chi connectivity index (χ0n) is 17.8. The second kappa shape index (κ2) is 8.13. The molecule has 2 aliphatic heterocycles. The standard InChI is InChI=1S/C24H28N4O2S/c1-17-8-9-21-20(13-17)22(26-19-6-4-10-25-15-19)14-24(27-21)28-11-12-31(29,30)23-7-3-2-5-18(23)16-28/h2-3,5,7-9,13-14,19,25H,4,6,10-12,15-16H2,1H3,(H,26,27). The SMILES string of the molecule is Cc1ccc2nc(N3CCS(=O)(=O)c4ccccc4C3)cc(NC3CCCNC3)c2c1. The Hall–Kier alpha value is -2.64. The fourth-order valence-electron chi connectivity index (χ4n) is 4.56. The first-order valence-electron chi connectivity index (χ1n) is 10.9. The summed E-state index contributed by atoms with van der Waals surface area (Å²) in [7, 11) is -3.29. The number of anilines is 2. The highest BCUT2D eigenvalue weighted by molar-refractivity contribution is 7.91. The molecule has 2 aromatic carbocycles. The minimum absolute atomic E-state index is 0.0902. The van der Waals surface area contributed by atoms with E-state index in [1.165, 1.54) is 5.56 Å². The van der Waals surface area contributed by atoms with Gasteiger partial charge in [-0.1, -0.05) is 29.8 Å². The molecule has 162 valence electrons. The van der Waals surface area contributed by atoms with Crippen LogP contribution in [0.3, 0.4) is 0 Å². The summed E-state index contributed by atoms with van der Waals surface area (Å²) in [5, 5.41) is 8.31. The number of nitrogens with zero attached hydrogens (tertiary/aromatic N) is 2. The highest BCUT2D eigenvalue weighted by atomic mass is 32.2. The van der Waals surface area contributed by atoms with Crippen LogP contribution in [0, 0.1) is 6.92 Å². The molecule has 1 unspecified atom stereocenters. The second-order valence-corrected chi connectivity index (χ2v) is 10.7. The lowest BCUT2D eigenvalue weighted by Crippen LogP contribution is -2.38. The summed E-state index contributed by atoms with van der Waals surface area (Å²) in [6.45, 7) is 5.06. The average molecular weight is 437 g/mol. The number of hydrogen-bond donors (Lipinski definition) is 2. The largest absolute Gasteiger partial charge is 0.380 e. The third-order valence-electron chi connectivity index (χ3n) is 6.23. The number of aromatic nitrogens is 1. The molecule has 2 aliphatic rings. The predicted molar refractivity (Wildman–Crippen MR) is 126 cm³/mol. The summed E-state index contributed by atoms with van der Waals surface area (Å²) >= 11 is 0. The van der Waals surface area contributed by atoms with Crippen molar-refractivity contribution in [3.8, 4) is 0 Å². The number of benzene rings is 2. The molecule has 5 rings (SSSR count). The van der Waals surface area contributed by atoms with E-state index in [0.29, 0.717) is 24.0 Å². The van der Waals surface area contributed by atoms with Gasteiger partial charge < -0.3 is 15.5 Å². The van der Waals surface area contributed by atoms with Crippen LogP contribution in [-0.2, 0) is 16.4 Å². The Bertz CT molecular complexity index is 1220. The number of fused-ring (bicyclic) bond motifs is 2. The summed E-state index contributed by atoms with van der Waals surface area (Å²) in [5.74, 6) is 0.905. The Morgan fingerprint density at radius 1 is 1.16 bits per heavy atom. The fraction of sp³-hybridized carbons (Fsp3) is 0.375. The molecule has 3 aromatic rings. The lowest BCUT2D eigenvalue weighted by atomic mass is 10.1. The van der Waals surface area contributed by atoms with Crippen LogP contribution < -0.4 is 15.5 Å². The zero-order valence-corrected chi connectivity index (χ0v) is 18.6. The van der Waals surface area contributed by atoms with Crippen molar-refractivity contribution in [2.75, 3.05) is 35.6 Å². The van der Waals surface area contributed by atoms with E-state index >= 15 is 0 Å². The first kappa shape index (κ1) is 20.3. The number of rotatable bonds is 3. The Balaban J connectivity index is 1.56. The van der Waals surface area contributed by atoms with E-state index in [2.05, 4.69) is 46.7 Å². The van der Waals surface area contributed by atoms with Crippen LogP contribution in [0.1, 0.15) is 24.0 Å². The van der Waals surface area contributed by atoms with Gasteiger partial charge in [0, 0.05) is 42.8 Å². The van der Waals surface area contributed by atoms with E-state index in [1.54, 1.807) is 12.1 Å². The average Bonchev–Trinajstić information content (AvgIpc) is 2.91. The van der Waals surface area contributed by atoms with Gasteiger partial charge >= 0.3 is 0 Å². The van der Waals surface area contributed by atoms with Crippen LogP contribution in [0.15, 0.2) is 53.4 Å². The van der Waals surface area contributed by atoms with Crippen LogP contribution in [0.4, 0.5) is 11.5 Å². The topological polar surface area (TPSA) is 74.3 Å². The number of sulfone groups is 1. The lowest BCUT2D eigenvalue weighted by Gasteiger charge is -2.27. The summed E-state index contributed by atoms with van der Waals surface area (Å²) in [5.41, 5.74) is 4.02. The molecular weight excluding hydrogens is 408 g/mol. The van der Waals surface area contributed by atoms with Gasteiger partial charge in [-0.05, 0) is 50.1 Å². The van der Waals surface area contributed by atoms with Crippen LogP contribution in [0.5, 0.6) is 0 Å². The number of pyridine rings is 1. The molecule has 0 amide bonds. The molecule has 0 spiro atoms. The maximum absolute atomic E-state index is 12.8. The van der Waals surface area contributed by atoms with E-state index < -0.39 is 9.84 Å². The minimum atomic E-state index is -3.29. The highest BCUT2D eigenvalue weighted by Gasteiger charge is 2.26. The van der Waals surface area contributed by atoms with Crippen molar-refractivity contribution in [1.29, 1.82) is 0 Å². The minimum Gasteiger partial charge on any atom is -0.380 e. The molecule has 1 saturated heterocycles. The van der Waals surface area contributed by atoms with Crippen molar-refractivity contribution < 1.29 is 8.42 Å². The normalized spacial score (nSPS) is 20.8. The molecule has 0 radical (unpaired) electrons. The molecule has 7 heteroatoms. The van der Waals surface area contributed by atoms with Gasteiger partial charge in [0.1, 0.15) is 5.82 Å². The number of aryl methyl sites for hydroxylation is 1. The second-order valence-electron chi connectivity index (χ2n) is 8.58. The van der Waals surface area contributed by atoms with Crippen LogP contribution in [0.2, 0.25) is 0 Å². The smallest absolute Gasteiger partial charge is 0.180 e. The molecule has 2 N–H and O–H groups in total. The fourth-order valence-corrected chi connectivity index (χ4v) is 6.06. The molecule has 1 aromatic heterocycles. The van der Waals surface area contributed by atoms with Gasteiger partial charge in [-0.25, -0.2) is 13.4 Å². The molecule has 3 heterocycles. The highest BCUT2D eigenvalue weighted by Crippen LogP contribution is 2.32. The zero-order chi connectivity index (χ0) is 21.4. The number of hydrogen-bond acceptors (Lipinski definition) is 6. The Morgan fingerprint density at radius 3 is 2.87 bits per heavy atom. The molecule has 0 bridgehead atoms. The Kier molecular flexibility index (Phi) is 5.32. The van der Waals surface area contributed by atoms with Crippen LogP contribution in [-0.4, -0.2) is 44.8 Å². The van der Waals surface area contributed by atoms with Crippen molar-refractivity contribution in [3.05, 3.63) is 59.7 Å². The van der Waals surface area contributed by atoms with Crippen molar-refractivity contribution in [1.82, 2.24) is 10.3 Å². The summed E-state index contributed by atoms with van der Waals surface area (Å²) in [6.07, 6.45) is 2.29. The molecule has 6 nitrogen and oxygen atoms in total. The molecule has 0 aliphatic carbocycles. The molecule has 31 heavy (non-hydrogen) atoms. The van der Waals surface area contributed by atoms with Gasteiger partial charge in [-0.15, -0.1) is 0 Å². The number of nitrogens with one attached hydrogen (secondary N) is 2. The van der Waals surface area contributed by atoms with E-state index in [1.807, 2.05) is 12.1 Å². The van der Waals surface area contributed by atoms with E-state index in [4.69, 9.17) is 4.98 Å². The summed E-state index contributed by atoms with van der Waals surface area (Å²) < 4.78 is 25.6. The number of piperidine rings is 1. The van der Waals surface area contributed by atoms with E-state index in [0.717, 1.165) is 53.9 Å². The van der Waals surface area contributed by atoms with Gasteiger partial charge in [0.2, 0.25) is 0 Å². The van der Waals surface area contributed by atoms with Gasteiger partial charge in [-0.3, -0.25) is 0 Å². The molecule has 1 fully saturated rings. The van der Waals surface area contributed by atoms with Crippen molar-refractivity contribution in [3.63, 3.8) is 0 Å². The van der Waals surface area contributed by atoms with Crippen LogP contribution in [0.25, 0.3) is 10.9 Å². The van der Waals surface area contributed by atoms with Crippen molar-refractivity contribution in [2.24, 2.45) is 0 Å². The van der Waals surface area contributed by atoms with E-state index in [9.17, 15) is 8.42 Å². The lowest BCUT2D eigenvalue weighted by molar-refractivity contribution is 0.480. The maximum atomic E-state index is 12.8. The summed E-state index contributed by atoms with van der Waals surface area (Å²) in [4.78, 5) is 7.47. The molecule has 1 atom stereocenters. The van der Waals surface area contributed by atoms with E-state index in [-0.39, 0.29) is 5.75 Å². The third-order valence-corrected chi connectivity index (χ3v) is 8.02. The van der Waals surface area contributed by atoms with Gasteiger partial charge in [0.25, 0.3) is 0 Å². The summed E-state index contributed by atoms with van der Waals surface area (Å²) in [6, 6.07) is 16.1. The first-order valence-corrected chi connectivity index (χ1v) is 12.6. The predicted octanol–water partition coefficient (Wildman–Crippen LogP) is 3.50. The Morgan fingerprint density at radius 2 is 2.03 bits per heavy atom. The van der Waals surface area contributed by atoms with Crippen LogP contribution >= 0.6 is 0 Å². The first-order chi connectivity index (χ1) is 15.0. The van der Waals surface area contributed by atoms with Crippen molar-refractivity contribution >= 4 is 32.2 Å². The quantitative estimate of drug-likeness (QED) is 0.655. The Labute approximate surface area is 183 Å². The van der Waals surface area contributed by atoms with Crippen molar-refractivity contribution in [2.45, 2.75) is 37.2 Å². The van der Waals surface area contributed by atoms with Gasteiger partial charge in [0.15, 0.2) is 9.84 Å². The van der Waals surface area contributed by atoms with Gasteiger partial charge in [-0.2, -0.15) is 0 Å². The maximum Gasteiger partial charge on any atom is 0.180 e. The third kappa shape index (κ3) is 4.12. The van der Waals surface area contributed by atoms with Gasteiger partial charge in [0.05, 0.1) is 16.2 Å².